The number of thiazole rings is 1. The number of pyridine rings is 1. The SMILES string of the molecule is Cc1nc(COc2ccc(C(=O)N(O)c3cc(NC(=O)c4ccnc(N5CCOCC5)c4)ccc3C)cc2)cs1. The molecule has 4 aromatic rings. The smallest absolute Gasteiger partial charge is 0.281 e. The zero-order chi connectivity index (χ0) is 28.1. The zero-order valence-corrected chi connectivity index (χ0v) is 23.0. The van der Waals surface area contributed by atoms with Crippen molar-refractivity contribution in [2.75, 3.05) is 41.6 Å². The van der Waals surface area contributed by atoms with Gasteiger partial charge in [0.25, 0.3) is 11.8 Å². The van der Waals surface area contributed by atoms with Crippen molar-refractivity contribution in [2.24, 2.45) is 0 Å². The highest BCUT2D eigenvalue weighted by atomic mass is 32.1. The fourth-order valence-electron chi connectivity index (χ4n) is 4.20. The van der Waals surface area contributed by atoms with E-state index in [4.69, 9.17) is 9.47 Å². The van der Waals surface area contributed by atoms with Gasteiger partial charge in [0.2, 0.25) is 0 Å². The largest absolute Gasteiger partial charge is 0.487 e. The van der Waals surface area contributed by atoms with E-state index in [9.17, 15) is 14.8 Å². The van der Waals surface area contributed by atoms with Gasteiger partial charge in [-0.05, 0) is 67.9 Å². The topological polar surface area (TPSA) is 117 Å². The second kappa shape index (κ2) is 12.2. The summed E-state index contributed by atoms with van der Waals surface area (Å²) >= 11 is 1.56. The van der Waals surface area contributed by atoms with Crippen LogP contribution in [0.25, 0.3) is 0 Å². The summed E-state index contributed by atoms with van der Waals surface area (Å²) in [5.74, 6) is 0.353. The van der Waals surface area contributed by atoms with Gasteiger partial charge in [0, 0.05) is 41.5 Å². The van der Waals surface area contributed by atoms with Crippen LogP contribution in [0.3, 0.4) is 0 Å². The van der Waals surface area contributed by atoms with E-state index in [2.05, 4.69) is 20.2 Å². The molecule has 11 heteroatoms. The second-order valence-corrected chi connectivity index (χ2v) is 10.3. The van der Waals surface area contributed by atoms with E-state index >= 15 is 0 Å². The average Bonchev–Trinajstić information content (AvgIpc) is 3.42. The summed E-state index contributed by atoms with van der Waals surface area (Å²) in [5, 5.41) is 17.2. The van der Waals surface area contributed by atoms with Gasteiger partial charge in [0.15, 0.2) is 0 Å². The number of ether oxygens (including phenoxy) is 2. The van der Waals surface area contributed by atoms with E-state index in [1.54, 1.807) is 79.1 Å². The molecule has 2 amide bonds. The lowest BCUT2D eigenvalue weighted by atomic mass is 10.1. The third-order valence-corrected chi connectivity index (χ3v) is 7.21. The molecule has 0 aliphatic carbocycles. The van der Waals surface area contributed by atoms with Crippen molar-refractivity contribution in [1.82, 2.24) is 9.97 Å². The molecule has 1 fully saturated rings. The van der Waals surface area contributed by atoms with Crippen molar-refractivity contribution < 1.29 is 24.3 Å². The van der Waals surface area contributed by atoms with Gasteiger partial charge >= 0.3 is 0 Å². The molecular weight excluding hydrogens is 530 g/mol. The van der Waals surface area contributed by atoms with Crippen LogP contribution in [-0.2, 0) is 11.3 Å². The molecule has 1 aliphatic heterocycles. The van der Waals surface area contributed by atoms with Crippen molar-refractivity contribution >= 4 is 40.3 Å². The minimum Gasteiger partial charge on any atom is -0.487 e. The average molecular weight is 560 g/mol. The monoisotopic (exact) mass is 559 g/mol. The Kier molecular flexibility index (Phi) is 8.34. The molecule has 0 saturated carbocycles. The number of rotatable bonds is 8. The van der Waals surface area contributed by atoms with Gasteiger partial charge in [-0.3, -0.25) is 14.8 Å². The number of morpholine rings is 1. The van der Waals surface area contributed by atoms with E-state index in [-0.39, 0.29) is 17.2 Å². The molecule has 0 bridgehead atoms. The third kappa shape index (κ3) is 6.45. The van der Waals surface area contributed by atoms with Crippen molar-refractivity contribution in [3.05, 3.63) is 93.6 Å². The predicted octanol–water partition coefficient (Wildman–Crippen LogP) is 4.86. The molecule has 0 atom stereocenters. The van der Waals surface area contributed by atoms with Gasteiger partial charge in [-0.2, -0.15) is 5.06 Å². The van der Waals surface area contributed by atoms with Gasteiger partial charge in [0.1, 0.15) is 18.2 Å². The number of amides is 2. The number of nitrogens with one attached hydrogen (secondary N) is 1. The highest BCUT2D eigenvalue weighted by molar-refractivity contribution is 7.09. The number of carbonyl (C=O) groups is 2. The summed E-state index contributed by atoms with van der Waals surface area (Å²) in [7, 11) is 0. The third-order valence-electron chi connectivity index (χ3n) is 6.38. The summed E-state index contributed by atoms with van der Waals surface area (Å²) in [6.07, 6.45) is 1.60. The Hall–Kier alpha value is -4.32. The molecule has 0 spiro atoms. The minimum absolute atomic E-state index is 0.255. The zero-order valence-electron chi connectivity index (χ0n) is 22.2. The maximum Gasteiger partial charge on any atom is 0.281 e. The standard InChI is InChI=1S/C29H29N5O5S/c1-19-3-6-23(32-28(35)22-9-10-30-27(15-22)33-11-13-38-14-12-33)16-26(19)34(37)29(36)21-4-7-25(8-5-21)39-17-24-18-40-20(2)31-24/h3-10,15-16,18,37H,11-14,17H2,1-2H3,(H,32,35). The van der Waals surface area contributed by atoms with Crippen molar-refractivity contribution in [2.45, 2.75) is 20.5 Å². The van der Waals surface area contributed by atoms with Gasteiger partial charge in [0.05, 0.1) is 29.6 Å². The first-order valence-corrected chi connectivity index (χ1v) is 13.6. The Morgan fingerprint density at radius 2 is 1.85 bits per heavy atom. The number of aromatic nitrogens is 2. The first kappa shape index (κ1) is 27.3. The van der Waals surface area contributed by atoms with Crippen LogP contribution in [0.4, 0.5) is 17.2 Å². The Labute approximate surface area is 235 Å². The lowest BCUT2D eigenvalue weighted by Gasteiger charge is -2.27. The number of benzene rings is 2. The van der Waals surface area contributed by atoms with E-state index < -0.39 is 5.91 Å². The molecule has 2 aromatic carbocycles. The van der Waals surface area contributed by atoms with Crippen LogP contribution in [0.15, 0.2) is 66.2 Å². The Balaban J connectivity index is 1.24. The minimum atomic E-state index is -0.613. The summed E-state index contributed by atoms with van der Waals surface area (Å²) in [5.41, 5.74) is 2.91. The first-order valence-electron chi connectivity index (χ1n) is 12.8. The van der Waals surface area contributed by atoms with Crippen LogP contribution in [-0.4, -0.2) is 53.3 Å². The molecule has 10 nitrogen and oxygen atoms in total. The quantitative estimate of drug-likeness (QED) is 0.232. The molecule has 0 radical (unpaired) electrons. The lowest BCUT2D eigenvalue weighted by molar-refractivity contribution is 0.0854. The van der Waals surface area contributed by atoms with Gasteiger partial charge < -0.3 is 19.7 Å². The van der Waals surface area contributed by atoms with Crippen molar-refractivity contribution in [1.29, 1.82) is 0 Å². The molecule has 2 aromatic heterocycles. The number of nitrogens with zero attached hydrogens (tertiary/aromatic N) is 4. The van der Waals surface area contributed by atoms with E-state index in [1.165, 1.54) is 0 Å². The van der Waals surface area contributed by atoms with Gasteiger partial charge in [-0.1, -0.05) is 6.07 Å². The normalized spacial score (nSPS) is 13.1. The molecule has 1 aliphatic rings. The summed E-state index contributed by atoms with van der Waals surface area (Å²) in [6.45, 7) is 6.69. The molecule has 2 N–H and O–H groups in total. The number of hydrogen-bond acceptors (Lipinski definition) is 9. The fourth-order valence-corrected chi connectivity index (χ4v) is 4.80. The predicted molar refractivity (Wildman–Crippen MR) is 153 cm³/mol. The number of hydroxylamine groups is 1. The second-order valence-electron chi connectivity index (χ2n) is 9.25. The highest BCUT2D eigenvalue weighted by Crippen LogP contribution is 2.26. The Bertz CT molecular complexity index is 1500. The Morgan fingerprint density at radius 3 is 2.58 bits per heavy atom. The van der Waals surface area contributed by atoms with Crippen molar-refractivity contribution in [3.8, 4) is 5.75 Å². The molecule has 5 rings (SSSR count). The van der Waals surface area contributed by atoms with Crippen LogP contribution < -0.4 is 20.0 Å². The molecule has 206 valence electrons. The highest BCUT2D eigenvalue weighted by Gasteiger charge is 2.20. The number of aryl methyl sites for hydroxylation is 2. The molecule has 1 saturated heterocycles. The van der Waals surface area contributed by atoms with E-state index in [0.29, 0.717) is 66.4 Å². The van der Waals surface area contributed by atoms with E-state index in [0.717, 1.165) is 10.7 Å². The lowest BCUT2D eigenvalue weighted by Crippen LogP contribution is -2.36. The molecule has 0 unspecified atom stereocenters. The van der Waals surface area contributed by atoms with Crippen LogP contribution >= 0.6 is 11.3 Å². The summed E-state index contributed by atoms with van der Waals surface area (Å²) < 4.78 is 11.1. The summed E-state index contributed by atoms with van der Waals surface area (Å²) in [6, 6.07) is 14.9. The number of anilines is 3. The van der Waals surface area contributed by atoms with Crippen LogP contribution in [0.5, 0.6) is 5.75 Å². The fraction of sp³-hybridized carbons (Fsp3) is 0.241. The van der Waals surface area contributed by atoms with E-state index in [1.807, 2.05) is 12.3 Å². The molecular formula is C29H29N5O5S. The van der Waals surface area contributed by atoms with Crippen LogP contribution in [0, 0.1) is 13.8 Å². The van der Waals surface area contributed by atoms with Crippen LogP contribution in [0.2, 0.25) is 0 Å². The molecule has 40 heavy (non-hydrogen) atoms. The number of carbonyl (C=O) groups excluding carboxylic acids is 2. The first-order chi connectivity index (χ1) is 19.4. The van der Waals surface area contributed by atoms with Gasteiger partial charge in [-0.15, -0.1) is 11.3 Å². The molecule has 3 heterocycles. The Morgan fingerprint density at radius 1 is 1.07 bits per heavy atom. The van der Waals surface area contributed by atoms with Crippen molar-refractivity contribution in [3.63, 3.8) is 0 Å². The maximum absolute atomic E-state index is 13.1. The maximum atomic E-state index is 13.1. The number of hydrogen-bond donors (Lipinski definition) is 2. The summed E-state index contributed by atoms with van der Waals surface area (Å²) in [4.78, 5) is 36.9. The van der Waals surface area contributed by atoms with Crippen LogP contribution in [0.1, 0.15) is 37.0 Å². The van der Waals surface area contributed by atoms with Gasteiger partial charge in [-0.25, -0.2) is 9.97 Å².